The van der Waals surface area contributed by atoms with Crippen LogP contribution in [0.25, 0.3) is 0 Å². The summed E-state index contributed by atoms with van der Waals surface area (Å²) in [5.74, 6) is -0.889. The Hall–Kier alpha value is -1.67. The molecule has 1 heterocycles. The monoisotopic (exact) mass is 301 g/mol. The molecule has 2 N–H and O–H groups in total. The van der Waals surface area contributed by atoms with Crippen LogP contribution in [0.3, 0.4) is 0 Å². The van der Waals surface area contributed by atoms with Crippen LogP contribution in [0.2, 0.25) is 0 Å². The highest BCUT2D eigenvalue weighted by Gasteiger charge is 2.30. The van der Waals surface area contributed by atoms with Gasteiger partial charge in [0.15, 0.2) is 0 Å². The summed E-state index contributed by atoms with van der Waals surface area (Å²) in [4.78, 5) is 11.5. The quantitative estimate of drug-likeness (QED) is 0.850. The molecule has 1 amide bonds. The number of benzene rings is 1. The van der Waals surface area contributed by atoms with Crippen LogP contribution < -0.4 is 14.9 Å². The average molecular weight is 301 g/mol. The molecule has 1 fully saturated rings. The van der Waals surface area contributed by atoms with Gasteiger partial charge in [0.25, 0.3) is 0 Å². The Morgan fingerprint density at radius 1 is 1.45 bits per heavy atom. The fourth-order valence-corrected chi connectivity index (χ4v) is 3.62. The standard InChI is InChI=1S/C12H16FN3O3S/c1-14-8-12(17)15-9-3-4-10(13)11(7-9)16-5-2-6-20(16,18)19/h3-4,7,14H,2,5-6,8H2,1H3,(H,15,17). The number of sulfonamides is 1. The van der Waals surface area contributed by atoms with Gasteiger partial charge in [-0.15, -0.1) is 0 Å². The lowest BCUT2D eigenvalue weighted by molar-refractivity contribution is -0.115. The zero-order valence-electron chi connectivity index (χ0n) is 11.0. The smallest absolute Gasteiger partial charge is 0.238 e. The van der Waals surface area contributed by atoms with Gasteiger partial charge in [-0.05, 0) is 31.7 Å². The van der Waals surface area contributed by atoms with Crippen molar-refractivity contribution in [1.82, 2.24) is 5.32 Å². The average Bonchev–Trinajstić information content (AvgIpc) is 2.72. The molecule has 1 aliphatic rings. The third kappa shape index (κ3) is 3.07. The molecule has 0 radical (unpaired) electrons. The second-order valence-corrected chi connectivity index (χ2v) is 6.50. The maximum Gasteiger partial charge on any atom is 0.238 e. The summed E-state index contributed by atoms with van der Waals surface area (Å²) >= 11 is 0. The number of carbonyl (C=O) groups excluding carboxylic acids is 1. The molecule has 1 aromatic rings. The predicted molar refractivity (Wildman–Crippen MR) is 74.7 cm³/mol. The van der Waals surface area contributed by atoms with Gasteiger partial charge in [0, 0.05) is 12.2 Å². The van der Waals surface area contributed by atoms with Crippen LogP contribution in [-0.2, 0) is 14.8 Å². The number of hydrogen-bond donors (Lipinski definition) is 2. The SMILES string of the molecule is CNCC(=O)Nc1ccc(F)c(N2CCCS2(=O)=O)c1. The summed E-state index contributed by atoms with van der Waals surface area (Å²) in [6.07, 6.45) is 0.470. The maximum absolute atomic E-state index is 13.8. The Bertz CT molecular complexity index is 618. The van der Waals surface area contributed by atoms with Crippen molar-refractivity contribution < 1.29 is 17.6 Å². The van der Waals surface area contributed by atoms with Gasteiger partial charge >= 0.3 is 0 Å². The van der Waals surface area contributed by atoms with Crippen molar-refractivity contribution in [3.8, 4) is 0 Å². The zero-order valence-corrected chi connectivity index (χ0v) is 11.8. The first-order valence-corrected chi connectivity index (χ1v) is 7.79. The Morgan fingerprint density at radius 2 is 2.20 bits per heavy atom. The second kappa shape index (κ2) is 5.76. The molecule has 0 aromatic heterocycles. The normalized spacial score (nSPS) is 17.2. The van der Waals surface area contributed by atoms with Gasteiger partial charge in [-0.25, -0.2) is 12.8 Å². The summed E-state index contributed by atoms with van der Waals surface area (Å²) in [6, 6.07) is 3.89. The van der Waals surface area contributed by atoms with Crippen molar-refractivity contribution in [2.75, 3.05) is 35.5 Å². The van der Waals surface area contributed by atoms with Crippen LogP contribution in [0.5, 0.6) is 0 Å². The van der Waals surface area contributed by atoms with E-state index in [-0.39, 0.29) is 30.4 Å². The number of likely N-dealkylation sites (N-methyl/N-ethyl adjacent to an activating group) is 1. The summed E-state index contributed by atoms with van der Waals surface area (Å²) < 4.78 is 38.5. The van der Waals surface area contributed by atoms with Crippen LogP contribution in [0.1, 0.15) is 6.42 Å². The minimum Gasteiger partial charge on any atom is -0.325 e. The summed E-state index contributed by atoms with van der Waals surface area (Å²) in [6.45, 7) is 0.377. The van der Waals surface area contributed by atoms with E-state index in [1.165, 1.54) is 12.1 Å². The minimum absolute atomic E-state index is 0.0166. The molecule has 110 valence electrons. The molecular weight excluding hydrogens is 285 g/mol. The van der Waals surface area contributed by atoms with E-state index in [2.05, 4.69) is 10.6 Å². The molecule has 1 saturated heterocycles. The molecule has 20 heavy (non-hydrogen) atoms. The number of carbonyl (C=O) groups is 1. The third-order valence-electron chi connectivity index (χ3n) is 2.94. The number of hydrogen-bond acceptors (Lipinski definition) is 4. The Morgan fingerprint density at radius 3 is 2.80 bits per heavy atom. The highest BCUT2D eigenvalue weighted by molar-refractivity contribution is 7.93. The van der Waals surface area contributed by atoms with Gasteiger partial charge in [-0.3, -0.25) is 9.10 Å². The molecule has 0 saturated carbocycles. The molecule has 1 aromatic carbocycles. The topological polar surface area (TPSA) is 78.5 Å². The van der Waals surface area contributed by atoms with E-state index in [1.54, 1.807) is 7.05 Å². The Labute approximate surface area is 117 Å². The zero-order chi connectivity index (χ0) is 14.8. The van der Waals surface area contributed by atoms with Crippen LogP contribution in [0.15, 0.2) is 18.2 Å². The number of amides is 1. The molecule has 0 atom stereocenters. The van der Waals surface area contributed by atoms with Gasteiger partial charge in [0.05, 0.1) is 18.0 Å². The van der Waals surface area contributed by atoms with Crippen LogP contribution >= 0.6 is 0 Å². The van der Waals surface area contributed by atoms with Crippen molar-refractivity contribution in [3.63, 3.8) is 0 Å². The lowest BCUT2D eigenvalue weighted by atomic mass is 10.2. The minimum atomic E-state index is -3.45. The molecule has 2 rings (SSSR count). The van der Waals surface area contributed by atoms with E-state index >= 15 is 0 Å². The van der Waals surface area contributed by atoms with E-state index < -0.39 is 15.8 Å². The first-order chi connectivity index (χ1) is 9.44. The first kappa shape index (κ1) is 14.7. The Balaban J connectivity index is 2.28. The highest BCUT2D eigenvalue weighted by Crippen LogP contribution is 2.29. The summed E-state index contributed by atoms with van der Waals surface area (Å²) in [5, 5.41) is 5.26. The van der Waals surface area contributed by atoms with Gasteiger partial charge in [0.2, 0.25) is 15.9 Å². The summed E-state index contributed by atoms with van der Waals surface area (Å²) in [7, 11) is -1.82. The number of anilines is 2. The van der Waals surface area contributed by atoms with Gasteiger partial charge in [0.1, 0.15) is 5.82 Å². The van der Waals surface area contributed by atoms with Crippen molar-refractivity contribution >= 4 is 27.3 Å². The van der Waals surface area contributed by atoms with Crippen LogP contribution in [-0.4, -0.2) is 40.2 Å². The molecule has 8 heteroatoms. The number of rotatable bonds is 4. The molecule has 0 spiro atoms. The molecular formula is C12H16FN3O3S. The molecule has 6 nitrogen and oxygen atoms in total. The van der Waals surface area contributed by atoms with Crippen LogP contribution in [0, 0.1) is 5.82 Å². The van der Waals surface area contributed by atoms with Crippen molar-refractivity contribution in [3.05, 3.63) is 24.0 Å². The predicted octanol–water partition coefficient (Wildman–Crippen LogP) is 0.524. The van der Waals surface area contributed by atoms with Crippen molar-refractivity contribution in [1.29, 1.82) is 0 Å². The molecule has 0 aliphatic carbocycles. The highest BCUT2D eigenvalue weighted by atomic mass is 32.2. The van der Waals surface area contributed by atoms with E-state index in [1.807, 2.05) is 0 Å². The van der Waals surface area contributed by atoms with E-state index in [9.17, 15) is 17.6 Å². The second-order valence-electron chi connectivity index (χ2n) is 4.49. The number of halogens is 1. The number of nitrogens with one attached hydrogen (secondary N) is 2. The van der Waals surface area contributed by atoms with Gasteiger partial charge in [-0.2, -0.15) is 0 Å². The fraction of sp³-hybridized carbons (Fsp3) is 0.417. The van der Waals surface area contributed by atoms with Gasteiger partial charge < -0.3 is 10.6 Å². The van der Waals surface area contributed by atoms with Gasteiger partial charge in [-0.1, -0.05) is 0 Å². The van der Waals surface area contributed by atoms with Crippen molar-refractivity contribution in [2.24, 2.45) is 0 Å². The molecule has 0 unspecified atom stereocenters. The number of nitrogens with zero attached hydrogens (tertiary/aromatic N) is 1. The van der Waals surface area contributed by atoms with E-state index in [0.29, 0.717) is 12.1 Å². The third-order valence-corrected chi connectivity index (χ3v) is 4.79. The molecule has 1 aliphatic heterocycles. The lowest BCUT2D eigenvalue weighted by Gasteiger charge is -2.18. The van der Waals surface area contributed by atoms with E-state index in [4.69, 9.17) is 0 Å². The first-order valence-electron chi connectivity index (χ1n) is 6.18. The van der Waals surface area contributed by atoms with Crippen molar-refractivity contribution in [2.45, 2.75) is 6.42 Å². The van der Waals surface area contributed by atoms with E-state index in [0.717, 1.165) is 10.4 Å². The maximum atomic E-state index is 13.8. The largest absolute Gasteiger partial charge is 0.325 e. The van der Waals surface area contributed by atoms with Crippen LogP contribution in [0.4, 0.5) is 15.8 Å². The Kier molecular flexibility index (Phi) is 4.24. The summed E-state index contributed by atoms with van der Waals surface area (Å²) in [5.41, 5.74) is 0.341. The lowest BCUT2D eigenvalue weighted by Crippen LogP contribution is -2.27. The fourth-order valence-electron chi connectivity index (χ4n) is 2.06. The molecule has 0 bridgehead atoms.